The molecule has 1 aromatic heterocycles. The Labute approximate surface area is 156 Å². The molecule has 3 heterocycles. The predicted molar refractivity (Wildman–Crippen MR) is 98.0 cm³/mol. The van der Waals surface area contributed by atoms with Gasteiger partial charge in [0.2, 0.25) is 0 Å². The van der Waals surface area contributed by atoms with Gasteiger partial charge in [0, 0.05) is 51.4 Å². The zero-order chi connectivity index (χ0) is 18.8. The monoisotopic (exact) mass is 373 g/mol. The smallest absolute Gasteiger partial charge is 0.256 e. The van der Waals surface area contributed by atoms with Gasteiger partial charge in [-0.05, 0) is 25.0 Å². The van der Waals surface area contributed by atoms with Crippen LogP contribution in [0, 0.1) is 11.6 Å². The third-order valence-corrected chi connectivity index (χ3v) is 5.12. The molecule has 2 aromatic rings. The zero-order valence-corrected chi connectivity index (χ0v) is 14.9. The number of amides is 1. The highest BCUT2D eigenvalue weighted by molar-refractivity contribution is 5.94. The van der Waals surface area contributed by atoms with Crippen LogP contribution in [-0.2, 0) is 0 Å². The standard InChI is InChI=1S/C19H21F2N5O/c20-14-3-4-15(16(21)11-14)19(27)26-9-7-25(8-10-26)18-12-17(22-13-23-18)24-5-1-2-6-24/h3-4,11-13H,1-2,5-10H2. The van der Waals surface area contributed by atoms with E-state index in [-0.39, 0.29) is 5.56 Å². The van der Waals surface area contributed by atoms with Gasteiger partial charge in [0.1, 0.15) is 29.6 Å². The van der Waals surface area contributed by atoms with E-state index >= 15 is 0 Å². The van der Waals surface area contributed by atoms with E-state index < -0.39 is 17.5 Å². The van der Waals surface area contributed by atoms with Crippen LogP contribution in [0.5, 0.6) is 0 Å². The molecule has 0 atom stereocenters. The fourth-order valence-corrected chi connectivity index (χ4v) is 3.60. The van der Waals surface area contributed by atoms with E-state index in [0.29, 0.717) is 26.2 Å². The fourth-order valence-electron chi connectivity index (χ4n) is 3.60. The summed E-state index contributed by atoms with van der Waals surface area (Å²) in [6.07, 6.45) is 3.94. The van der Waals surface area contributed by atoms with Crippen LogP contribution in [0.2, 0.25) is 0 Å². The van der Waals surface area contributed by atoms with Gasteiger partial charge in [-0.2, -0.15) is 0 Å². The lowest BCUT2D eigenvalue weighted by Gasteiger charge is -2.35. The number of piperazine rings is 1. The first kappa shape index (κ1) is 17.6. The highest BCUT2D eigenvalue weighted by Gasteiger charge is 2.25. The number of hydrogen-bond donors (Lipinski definition) is 0. The van der Waals surface area contributed by atoms with Crippen LogP contribution in [0.4, 0.5) is 20.4 Å². The van der Waals surface area contributed by atoms with Gasteiger partial charge >= 0.3 is 0 Å². The molecule has 6 nitrogen and oxygen atoms in total. The van der Waals surface area contributed by atoms with Gasteiger partial charge in [-0.25, -0.2) is 18.7 Å². The lowest BCUT2D eigenvalue weighted by Crippen LogP contribution is -2.49. The molecule has 27 heavy (non-hydrogen) atoms. The molecule has 2 saturated heterocycles. The van der Waals surface area contributed by atoms with Crippen molar-refractivity contribution in [1.29, 1.82) is 0 Å². The van der Waals surface area contributed by atoms with Gasteiger partial charge in [0.15, 0.2) is 0 Å². The molecule has 0 aliphatic carbocycles. The van der Waals surface area contributed by atoms with Gasteiger partial charge in [-0.1, -0.05) is 0 Å². The summed E-state index contributed by atoms with van der Waals surface area (Å²) >= 11 is 0. The Morgan fingerprint density at radius 1 is 0.852 bits per heavy atom. The normalized spacial score (nSPS) is 17.5. The molecule has 1 aromatic carbocycles. The predicted octanol–water partition coefficient (Wildman–Crippen LogP) is 2.32. The summed E-state index contributed by atoms with van der Waals surface area (Å²) in [6, 6.07) is 5.03. The molecule has 0 bridgehead atoms. The van der Waals surface area contributed by atoms with E-state index in [1.165, 1.54) is 18.9 Å². The summed E-state index contributed by atoms with van der Waals surface area (Å²) < 4.78 is 26.9. The minimum Gasteiger partial charge on any atom is -0.356 e. The molecule has 0 spiro atoms. The highest BCUT2D eigenvalue weighted by atomic mass is 19.1. The maximum atomic E-state index is 13.9. The van der Waals surface area contributed by atoms with Crippen molar-refractivity contribution in [3.63, 3.8) is 0 Å². The van der Waals surface area contributed by atoms with Gasteiger partial charge in [0.05, 0.1) is 5.56 Å². The number of aromatic nitrogens is 2. The van der Waals surface area contributed by atoms with Crippen molar-refractivity contribution in [2.75, 3.05) is 49.1 Å². The average molecular weight is 373 g/mol. The molecule has 2 fully saturated rings. The van der Waals surface area contributed by atoms with Crippen molar-refractivity contribution in [3.05, 3.63) is 47.8 Å². The summed E-state index contributed by atoms with van der Waals surface area (Å²) in [7, 11) is 0. The third-order valence-electron chi connectivity index (χ3n) is 5.12. The van der Waals surface area contributed by atoms with Crippen LogP contribution in [0.15, 0.2) is 30.6 Å². The molecule has 2 aliphatic rings. The van der Waals surface area contributed by atoms with E-state index in [0.717, 1.165) is 36.9 Å². The van der Waals surface area contributed by atoms with Crippen molar-refractivity contribution in [1.82, 2.24) is 14.9 Å². The Hall–Kier alpha value is -2.77. The Morgan fingerprint density at radius 3 is 2.11 bits per heavy atom. The van der Waals surface area contributed by atoms with E-state index in [4.69, 9.17) is 0 Å². The van der Waals surface area contributed by atoms with E-state index in [1.807, 2.05) is 6.07 Å². The second kappa shape index (κ2) is 7.46. The van der Waals surface area contributed by atoms with Crippen molar-refractivity contribution < 1.29 is 13.6 Å². The van der Waals surface area contributed by atoms with Gasteiger partial charge < -0.3 is 14.7 Å². The number of hydrogen-bond acceptors (Lipinski definition) is 5. The van der Waals surface area contributed by atoms with Crippen LogP contribution < -0.4 is 9.80 Å². The van der Waals surface area contributed by atoms with Crippen LogP contribution >= 0.6 is 0 Å². The Morgan fingerprint density at radius 2 is 1.48 bits per heavy atom. The molecule has 0 N–H and O–H groups in total. The topological polar surface area (TPSA) is 52.6 Å². The maximum Gasteiger partial charge on any atom is 0.256 e. The summed E-state index contributed by atoms with van der Waals surface area (Å²) in [5.74, 6) is -0.149. The average Bonchev–Trinajstić information content (AvgIpc) is 3.23. The quantitative estimate of drug-likeness (QED) is 0.827. The van der Waals surface area contributed by atoms with E-state index in [1.54, 1.807) is 11.2 Å². The maximum absolute atomic E-state index is 13.9. The SMILES string of the molecule is O=C(c1ccc(F)cc1F)N1CCN(c2cc(N3CCCC3)ncn2)CC1. The van der Waals surface area contributed by atoms with Crippen molar-refractivity contribution >= 4 is 17.5 Å². The molecule has 2 aliphatic heterocycles. The number of benzene rings is 1. The zero-order valence-electron chi connectivity index (χ0n) is 14.9. The van der Waals surface area contributed by atoms with Crippen molar-refractivity contribution in [2.24, 2.45) is 0 Å². The van der Waals surface area contributed by atoms with Gasteiger partial charge in [-0.15, -0.1) is 0 Å². The Balaban J connectivity index is 1.41. The van der Waals surface area contributed by atoms with Gasteiger partial charge in [-0.3, -0.25) is 4.79 Å². The summed E-state index contributed by atoms with van der Waals surface area (Å²) in [5, 5.41) is 0. The number of carbonyl (C=O) groups is 1. The molecule has 142 valence electrons. The van der Waals surface area contributed by atoms with Gasteiger partial charge in [0.25, 0.3) is 5.91 Å². The van der Waals surface area contributed by atoms with E-state index in [9.17, 15) is 13.6 Å². The van der Waals surface area contributed by atoms with Crippen LogP contribution in [-0.4, -0.2) is 60.0 Å². The minimum absolute atomic E-state index is 0.0943. The molecule has 4 rings (SSSR count). The van der Waals surface area contributed by atoms with E-state index in [2.05, 4.69) is 19.8 Å². The van der Waals surface area contributed by atoms with Crippen LogP contribution in [0.3, 0.4) is 0 Å². The molecule has 0 saturated carbocycles. The number of halogens is 2. The molecule has 0 radical (unpaired) electrons. The highest BCUT2D eigenvalue weighted by Crippen LogP contribution is 2.22. The van der Waals surface area contributed by atoms with Crippen molar-refractivity contribution in [3.8, 4) is 0 Å². The molecular formula is C19H21F2N5O. The first-order valence-corrected chi connectivity index (χ1v) is 9.18. The minimum atomic E-state index is -0.825. The number of anilines is 2. The molecular weight excluding hydrogens is 352 g/mol. The molecule has 0 unspecified atom stereocenters. The molecule has 8 heteroatoms. The Bertz CT molecular complexity index is 833. The largest absolute Gasteiger partial charge is 0.356 e. The first-order chi connectivity index (χ1) is 13.1. The molecule has 1 amide bonds. The Kier molecular flexibility index (Phi) is 4.87. The lowest BCUT2D eigenvalue weighted by molar-refractivity contribution is 0.0741. The summed E-state index contributed by atoms with van der Waals surface area (Å²) in [4.78, 5) is 27.2. The fraction of sp³-hybridized carbons (Fsp3) is 0.421. The number of rotatable bonds is 3. The number of carbonyl (C=O) groups excluding carboxylic acids is 1. The van der Waals surface area contributed by atoms with Crippen LogP contribution in [0.1, 0.15) is 23.2 Å². The second-order valence-corrected chi connectivity index (χ2v) is 6.83. The lowest BCUT2D eigenvalue weighted by atomic mass is 10.1. The van der Waals surface area contributed by atoms with Crippen LogP contribution in [0.25, 0.3) is 0 Å². The summed E-state index contributed by atoms with van der Waals surface area (Å²) in [6.45, 7) is 4.15. The summed E-state index contributed by atoms with van der Waals surface area (Å²) in [5.41, 5.74) is -0.0943. The van der Waals surface area contributed by atoms with Crippen molar-refractivity contribution in [2.45, 2.75) is 12.8 Å². The second-order valence-electron chi connectivity index (χ2n) is 6.83. The first-order valence-electron chi connectivity index (χ1n) is 9.18. The third kappa shape index (κ3) is 3.70. The number of nitrogens with zero attached hydrogens (tertiary/aromatic N) is 5.